The number of nitrogens with zero attached hydrogens (tertiary/aromatic N) is 2. The lowest BCUT2D eigenvalue weighted by Gasteiger charge is -2.34. The van der Waals surface area contributed by atoms with E-state index in [0.29, 0.717) is 31.1 Å². The van der Waals surface area contributed by atoms with E-state index in [-0.39, 0.29) is 49.4 Å². The lowest BCUT2D eigenvalue weighted by Crippen LogP contribution is -2.61. The fourth-order valence-corrected chi connectivity index (χ4v) is 8.72. The SMILES string of the molecule is CCOc1cc2ccnc(O[C@@H]3C[C@H]4C(=O)N[C@]5(C(=O)NS(=O)(=O)C6(C)CC6)C[C@H]5/C=C\CC[C@H](C)O[C@@H](CC)[C@H](NC(=O)OC(C)(C)C(F)F)C(=O)N4C3)c2cc1F. The van der Waals surface area contributed by atoms with Crippen LogP contribution < -0.4 is 24.8 Å². The predicted octanol–water partition coefficient (Wildman–Crippen LogP) is 4.67. The summed E-state index contributed by atoms with van der Waals surface area (Å²) in [5.41, 5.74) is -3.90. The largest absolute Gasteiger partial charge is 0.491 e. The molecule has 6 rings (SSSR count). The van der Waals surface area contributed by atoms with Gasteiger partial charge in [0.1, 0.15) is 23.7 Å². The standard InChI is InChI=1S/C40H52F3N5O10S/c1-7-29-31(45-37(52)58-38(4,5)35(42)43)34(50)48-21-25(57-33-26-19-27(41)30(55-8-2)17-23(26)13-16-44-33)18-28(48)32(49)46-40(20-24(40)12-10-9-11-22(3)56-29)36(51)47-59(53,54)39(6)14-15-39/h10,12-13,16-17,19,22,24-25,28-29,31,35H,7-9,11,14-15,18,20-21H2,1-6H3,(H,45,52)(H,46,49)(H,47,51)/b12-10-/t22-,24+,25+,28-,29-,31-,40+/m0/s1. The molecule has 1 saturated heterocycles. The number of fused-ring (bicyclic) bond motifs is 3. The Kier molecular flexibility index (Phi) is 12.5. The molecule has 15 nitrogen and oxygen atoms in total. The van der Waals surface area contributed by atoms with Gasteiger partial charge in [-0.2, -0.15) is 0 Å². The number of carbonyl (C=O) groups excluding carboxylic acids is 4. The van der Waals surface area contributed by atoms with Crippen molar-refractivity contribution in [3.05, 3.63) is 42.4 Å². The zero-order valence-corrected chi connectivity index (χ0v) is 34.7. The monoisotopic (exact) mass is 851 g/mol. The van der Waals surface area contributed by atoms with Gasteiger partial charge in [0.15, 0.2) is 17.2 Å². The zero-order valence-electron chi connectivity index (χ0n) is 33.9. The van der Waals surface area contributed by atoms with E-state index in [1.165, 1.54) is 25.3 Å². The van der Waals surface area contributed by atoms with Crippen LogP contribution in [-0.2, 0) is 33.9 Å². The molecule has 0 spiro atoms. The van der Waals surface area contributed by atoms with Gasteiger partial charge in [0.05, 0.1) is 30.1 Å². The first-order valence-electron chi connectivity index (χ1n) is 19.9. The Hall–Kier alpha value is -4.65. The van der Waals surface area contributed by atoms with Crippen molar-refractivity contribution in [1.82, 2.24) is 25.2 Å². The molecule has 2 aromatic rings. The van der Waals surface area contributed by atoms with Crippen LogP contribution in [-0.4, -0.2) is 108 Å². The first-order valence-corrected chi connectivity index (χ1v) is 21.4. The molecule has 2 saturated carbocycles. The van der Waals surface area contributed by atoms with Crippen LogP contribution in [0, 0.1) is 11.7 Å². The number of sulfonamides is 1. The molecule has 4 amide bonds. The number of pyridine rings is 1. The number of amides is 4. The molecule has 1 aromatic heterocycles. The van der Waals surface area contributed by atoms with Crippen molar-refractivity contribution in [3.8, 4) is 11.6 Å². The number of halogens is 3. The Morgan fingerprint density at radius 1 is 1.19 bits per heavy atom. The van der Waals surface area contributed by atoms with Crippen LogP contribution in [0.25, 0.3) is 10.8 Å². The van der Waals surface area contributed by atoms with E-state index in [9.17, 15) is 36.4 Å². The van der Waals surface area contributed by atoms with Gasteiger partial charge in [-0.25, -0.2) is 31.4 Å². The van der Waals surface area contributed by atoms with E-state index in [2.05, 4.69) is 20.3 Å². The van der Waals surface area contributed by atoms with Crippen molar-refractivity contribution in [3.63, 3.8) is 0 Å². The summed E-state index contributed by atoms with van der Waals surface area (Å²) in [6.45, 7) is 8.67. The highest BCUT2D eigenvalue weighted by Crippen LogP contribution is 2.47. The molecular formula is C40H52F3N5O10S. The van der Waals surface area contributed by atoms with Gasteiger partial charge in [-0.3, -0.25) is 19.1 Å². The minimum atomic E-state index is -4.10. The van der Waals surface area contributed by atoms with Crippen molar-refractivity contribution < 1.29 is 59.7 Å². The molecule has 2 aliphatic heterocycles. The van der Waals surface area contributed by atoms with Crippen molar-refractivity contribution in [1.29, 1.82) is 0 Å². The number of benzene rings is 1. The second kappa shape index (κ2) is 16.8. The Morgan fingerprint density at radius 2 is 1.92 bits per heavy atom. The van der Waals surface area contributed by atoms with Gasteiger partial charge in [-0.05, 0) is 96.7 Å². The molecule has 0 radical (unpaired) electrons. The number of alkyl carbamates (subject to hydrolysis) is 1. The van der Waals surface area contributed by atoms with Crippen LogP contribution in [0.1, 0.15) is 86.5 Å². The molecule has 4 aliphatic rings. The number of nitrogens with one attached hydrogen (secondary N) is 3. The van der Waals surface area contributed by atoms with Gasteiger partial charge < -0.3 is 34.5 Å². The Labute approximate surface area is 341 Å². The van der Waals surface area contributed by atoms with Gasteiger partial charge in [-0.1, -0.05) is 19.1 Å². The van der Waals surface area contributed by atoms with E-state index in [1.807, 2.05) is 0 Å². The molecule has 7 atom stereocenters. The Balaban J connectivity index is 1.37. The number of allylic oxidation sites excluding steroid dienone is 1. The summed E-state index contributed by atoms with van der Waals surface area (Å²) in [5.74, 6) is -3.83. The number of hydrogen-bond donors (Lipinski definition) is 3. The third-order valence-corrected chi connectivity index (χ3v) is 13.7. The fourth-order valence-electron chi connectivity index (χ4n) is 7.41. The molecule has 19 heteroatoms. The van der Waals surface area contributed by atoms with Crippen molar-refractivity contribution in [2.24, 2.45) is 5.92 Å². The molecule has 0 unspecified atom stereocenters. The number of aromatic nitrogens is 1. The summed E-state index contributed by atoms with van der Waals surface area (Å²) in [7, 11) is -4.10. The fraction of sp³-hybridized carbons (Fsp3) is 0.625. The zero-order chi connectivity index (χ0) is 43.1. The Bertz CT molecular complexity index is 2100. The van der Waals surface area contributed by atoms with Gasteiger partial charge in [0.2, 0.25) is 27.7 Å². The summed E-state index contributed by atoms with van der Waals surface area (Å²) >= 11 is 0. The van der Waals surface area contributed by atoms with E-state index < -0.39 is 98.3 Å². The maximum atomic E-state index is 15.1. The summed E-state index contributed by atoms with van der Waals surface area (Å²) in [4.78, 5) is 61.9. The normalized spacial score (nSPS) is 28.9. The van der Waals surface area contributed by atoms with E-state index in [0.717, 1.165) is 18.7 Å². The lowest BCUT2D eigenvalue weighted by atomic mass is 10.0. The number of rotatable bonds is 11. The highest BCUT2D eigenvalue weighted by Gasteiger charge is 2.63. The van der Waals surface area contributed by atoms with Crippen molar-refractivity contribution in [2.45, 2.75) is 139 Å². The topological polar surface area (TPSA) is 192 Å². The molecule has 2 aliphatic carbocycles. The molecule has 3 N–H and O–H groups in total. The van der Waals surface area contributed by atoms with Crippen LogP contribution in [0.5, 0.6) is 11.6 Å². The van der Waals surface area contributed by atoms with Crippen molar-refractivity contribution >= 4 is 44.6 Å². The van der Waals surface area contributed by atoms with Crippen LogP contribution in [0.4, 0.5) is 18.0 Å². The number of ether oxygens (including phenoxy) is 4. The highest BCUT2D eigenvalue weighted by atomic mass is 32.2. The minimum Gasteiger partial charge on any atom is -0.491 e. The quantitative estimate of drug-likeness (QED) is 0.267. The van der Waals surface area contributed by atoms with Crippen LogP contribution in [0.2, 0.25) is 0 Å². The molecule has 3 fully saturated rings. The average Bonchev–Trinajstić information content (AvgIpc) is 4.05. The van der Waals surface area contributed by atoms with Gasteiger partial charge in [0, 0.05) is 23.9 Å². The summed E-state index contributed by atoms with van der Waals surface area (Å²) in [6.07, 6.45) is -0.253. The van der Waals surface area contributed by atoms with Gasteiger partial charge in [0.25, 0.3) is 12.3 Å². The number of alkyl halides is 2. The Morgan fingerprint density at radius 3 is 2.58 bits per heavy atom. The van der Waals surface area contributed by atoms with E-state index in [4.69, 9.17) is 18.9 Å². The second-order valence-corrected chi connectivity index (χ2v) is 18.7. The van der Waals surface area contributed by atoms with Crippen LogP contribution >= 0.6 is 0 Å². The smallest absolute Gasteiger partial charge is 0.408 e. The average molecular weight is 852 g/mol. The van der Waals surface area contributed by atoms with E-state index >= 15 is 4.39 Å². The maximum absolute atomic E-state index is 15.1. The van der Waals surface area contributed by atoms with Gasteiger partial charge in [-0.15, -0.1) is 0 Å². The first kappa shape index (κ1) is 43.9. The first-order chi connectivity index (χ1) is 27.7. The van der Waals surface area contributed by atoms with Crippen molar-refractivity contribution in [2.75, 3.05) is 13.2 Å². The molecule has 324 valence electrons. The predicted molar refractivity (Wildman–Crippen MR) is 208 cm³/mol. The second-order valence-electron chi connectivity index (χ2n) is 16.5. The molecular weight excluding hydrogens is 800 g/mol. The molecule has 59 heavy (non-hydrogen) atoms. The van der Waals surface area contributed by atoms with Crippen LogP contribution in [0.15, 0.2) is 36.5 Å². The molecule has 1 aromatic carbocycles. The molecule has 0 bridgehead atoms. The summed E-state index contributed by atoms with van der Waals surface area (Å²) in [5, 5.41) is 6.01. The van der Waals surface area contributed by atoms with Gasteiger partial charge >= 0.3 is 6.09 Å². The minimum absolute atomic E-state index is 0.0110. The highest BCUT2D eigenvalue weighted by molar-refractivity contribution is 7.91. The van der Waals surface area contributed by atoms with E-state index in [1.54, 1.807) is 39.0 Å². The third kappa shape index (κ3) is 9.25. The number of hydrogen-bond acceptors (Lipinski definition) is 11. The molecule has 3 heterocycles. The third-order valence-electron chi connectivity index (χ3n) is 11.5. The van der Waals surface area contributed by atoms with Crippen LogP contribution in [0.3, 0.4) is 0 Å². The lowest BCUT2D eigenvalue weighted by molar-refractivity contribution is -0.145. The number of carbonyl (C=O) groups is 4. The maximum Gasteiger partial charge on any atom is 0.408 e. The summed E-state index contributed by atoms with van der Waals surface area (Å²) in [6, 6.07) is 1.38. The summed E-state index contributed by atoms with van der Waals surface area (Å²) < 4.78 is 93.1.